The molecule has 3 N–H and O–H groups in total. The lowest BCUT2D eigenvalue weighted by molar-refractivity contribution is -0.139. The number of carbonyl (C=O) groups excluding carboxylic acids is 3. The van der Waals surface area contributed by atoms with Gasteiger partial charge in [-0.3, -0.25) is 14.4 Å². The molecule has 0 radical (unpaired) electrons. The Morgan fingerprint density at radius 3 is 2.67 bits per heavy atom. The number of hydrogen-bond acceptors (Lipinski definition) is 5. The second-order valence-corrected chi connectivity index (χ2v) is 7.26. The van der Waals surface area contributed by atoms with Gasteiger partial charge in [0.25, 0.3) is 5.91 Å². The molecule has 0 aromatic heterocycles. The van der Waals surface area contributed by atoms with E-state index in [1.54, 1.807) is 24.3 Å². The fourth-order valence-electron chi connectivity index (χ4n) is 2.34. The van der Waals surface area contributed by atoms with Gasteiger partial charge in [-0.05, 0) is 49.2 Å². The predicted octanol–water partition coefficient (Wildman–Crippen LogP) is 2.75. The number of nitrogens with one attached hydrogen (secondary N) is 3. The van der Waals surface area contributed by atoms with E-state index in [0.29, 0.717) is 23.5 Å². The van der Waals surface area contributed by atoms with Crippen LogP contribution >= 0.6 is 15.9 Å². The SMILES string of the molecule is CCCNC(=O)C(=O)N/N=C\c1cc(Br)ccc1OCC(=O)Nc1cccc(C)c1. The molecule has 0 aliphatic heterocycles. The van der Waals surface area contributed by atoms with Gasteiger partial charge in [0.1, 0.15) is 5.75 Å². The van der Waals surface area contributed by atoms with E-state index in [0.717, 1.165) is 16.5 Å². The normalized spacial score (nSPS) is 10.5. The molecular formula is C21H23BrN4O4. The molecule has 0 saturated heterocycles. The van der Waals surface area contributed by atoms with Gasteiger partial charge in [-0.1, -0.05) is 35.0 Å². The summed E-state index contributed by atoms with van der Waals surface area (Å²) in [5, 5.41) is 9.01. The van der Waals surface area contributed by atoms with Crippen molar-refractivity contribution in [2.24, 2.45) is 5.10 Å². The molecule has 0 aliphatic rings. The Labute approximate surface area is 183 Å². The smallest absolute Gasteiger partial charge is 0.329 e. The van der Waals surface area contributed by atoms with Crippen molar-refractivity contribution >= 4 is 45.6 Å². The molecule has 2 aromatic carbocycles. The van der Waals surface area contributed by atoms with Crippen molar-refractivity contribution in [1.29, 1.82) is 0 Å². The number of hydrogen-bond donors (Lipinski definition) is 3. The topological polar surface area (TPSA) is 109 Å². The summed E-state index contributed by atoms with van der Waals surface area (Å²) in [6, 6.07) is 12.6. The van der Waals surface area contributed by atoms with E-state index < -0.39 is 11.8 Å². The van der Waals surface area contributed by atoms with Crippen molar-refractivity contribution in [3.8, 4) is 5.75 Å². The number of anilines is 1. The summed E-state index contributed by atoms with van der Waals surface area (Å²) in [4.78, 5) is 35.4. The van der Waals surface area contributed by atoms with Crippen LogP contribution in [0.15, 0.2) is 52.0 Å². The van der Waals surface area contributed by atoms with Crippen LogP contribution in [0.25, 0.3) is 0 Å². The van der Waals surface area contributed by atoms with E-state index in [9.17, 15) is 14.4 Å². The van der Waals surface area contributed by atoms with Crippen molar-refractivity contribution < 1.29 is 19.1 Å². The number of carbonyl (C=O) groups is 3. The van der Waals surface area contributed by atoms with Crippen LogP contribution < -0.4 is 20.8 Å². The zero-order valence-electron chi connectivity index (χ0n) is 16.7. The van der Waals surface area contributed by atoms with Gasteiger partial charge < -0.3 is 15.4 Å². The monoisotopic (exact) mass is 474 g/mol. The van der Waals surface area contributed by atoms with Crippen molar-refractivity contribution in [1.82, 2.24) is 10.7 Å². The average molecular weight is 475 g/mol. The Kier molecular flexibility index (Phi) is 9.02. The highest BCUT2D eigenvalue weighted by atomic mass is 79.9. The minimum Gasteiger partial charge on any atom is -0.483 e. The van der Waals surface area contributed by atoms with Gasteiger partial charge in [0.15, 0.2) is 6.61 Å². The molecule has 2 rings (SSSR count). The van der Waals surface area contributed by atoms with E-state index in [-0.39, 0.29) is 12.5 Å². The zero-order valence-corrected chi connectivity index (χ0v) is 18.3. The first-order chi connectivity index (χ1) is 14.4. The third-order valence-corrected chi connectivity index (χ3v) is 4.24. The summed E-state index contributed by atoms with van der Waals surface area (Å²) < 4.78 is 6.36. The molecule has 0 spiro atoms. The van der Waals surface area contributed by atoms with Crippen molar-refractivity contribution in [2.75, 3.05) is 18.5 Å². The molecule has 0 unspecified atom stereocenters. The molecular weight excluding hydrogens is 452 g/mol. The van der Waals surface area contributed by atoms with Crippen LogP contribution in [0.1, 0.15) is 24.5 Å². The molecule has 0 atom stereocenters. The highest BCUT2D eigenvalue weighted by molar-refractivity contribution is 9.10. The maximum atomic E-state index is 12.2. The number of halogens is 1. The van der Waals surface area contributed by atoms with Crippen LogP contribution in [0.4, 0.5) is 5.69 Å². The first-order valence-electron chi connectivity index (χ1n) is 9.29. The van der Waals surface area contributed by atoms with Crippen molar-refractivity contribution in [2.45, 2.75) is 20.3 Å². The van der Waals surface area contributed by atoms with E-state index >= 15 is 0 Å². The van der Waals surface area contributed by atoms with E-state index in [4.69, 9.17) is 4.74 Å². The van der Waals surface area contributed by atoms with Crippen LogP contribution in [0.5, 0.6) is 5.75 Å². The molecule has 0 fully saturated rings. The van der Waals surface area contributed by atoms with Crippen LogP contribution in [-0.4, -0.2) is 37.1 Å². The lowest BCUT2D eigenvalue weighted by atomic mass is 10.2. The molecule has 2 aromatic rings. The third-order valence-electron chi connectivity index (χ3n) is 3.74. The van der Waals surface area contributed by atoms with Gasteiger partial charge in [-0.15, -0.1) is 0 Å². The standard InChI is InChI=1S/C21H23BrN4O4/c1-3-9-23-20(28)21(29)26-24-12-15-11-16(22)7-8-18(15)30-13-19(27)25-17-6-4-5-14(2)10-17/h4-8,10-12H,3,9,13H2,1-2H3,(H,23,28)(H,25,27)(H,26,29)/b24-12-. The summed E-state index contributed by atoms with van der Waals surface area (Å²) in [7, 11) is 0. The lowest BCUT2D eigenvalue weighted by Gasteiger charge is -2.10. The van der Waals surface area contributed by atoms with Gasteiger partial charge in [0.05, 0.1) is 6.21 Å². The molecule has 9 heteroatoms. The molecule has 3 amide bonds. The molecule has 0 saturated carbocycles. The van der Waals surface area contributed by atoms with Crippen LogP contribution in [-0.2, 0) is 14.4 Å². The molecule has 158 valence electrons. The molecule has 8 nitrogen and oxygen atoms in total. The van der Waals surface area contributed by atoms with Crippen molar-refractivity contribution in [3.63, 3.8) is 0 Å². The summed E-state index contributed by atoms with van der Waals surface area (Å²) in [5.74, 6) is -1.54. The van der Waals surface area contributed by atoms with Crippen molar-refractivity contribution in [3.05, 3.63) is 58.1 Å². The van der Waals surface area contributed by atoms with Gasteiger partial charge in [0.2, 0.25) is 0 Å². The maximum Gasteiger partial charge on any atom is 0.329 e. The fraction of sp³-hybridized carbons (Fsp3) is 0.238. The van der Waals surface area contributed by atoms with E-state index in [2.05, 4.69) is 37.1 Å². The van der Waals surface area contributed by atoms with Gasteiger partial charge >= 0.3 is 11.8 Å². The number of aryl methyl sites for hydroxylation is 1. The number of nitrogens with zero attached hydrogens (tertiary/aromatic N) is 1. The second-order valence-electron chi connectivity index (χ2n) is 6.34. The quantitative estimate of drug-likeness (QED) is 0.310. The van der Waals surface area contributed by atoms with Crippen LogP contribution in [0.2, 0.25) is 0 Å². The summed E-state index contributed by atoms with van der Waals surface area (Å²) in [6.07, 6.45) is 2.06. The Hall–Kier alpha value is -3.20. The largest absolute Gasteiger partial charge is 0.483 e. The minimum absolute atomic E-state index is 0.206. The number of rotatable bonds is 8. The number of benzene rings is 2. The predicted molar refractivity (Wildman–Crippen MR) is 118 cm³/mol. The van der Waals surface area contributed by atoms with E-state index in [1.807, 2.05) is 32.0 Å². The Balaban J connectivity index is 1.96. The Morgan fingerprint density at radius 2 is 1.93 bits per heavy atom. The Morgan fingerprint density at radius 1 is 1.13 bits per heavy atom. The highest BCUT2D eigenvalue weighted by Gasteiger charge is 2.11. The highest BCUT2D eigenvalue weighted by Crippen LogP contribution is 2.22. The number of ether oxygens (including phenoxy) is 1. The molecule has 0 bridgehead atoms. The van der Waals surface area contributed by atoms with E-state index in [1.165, 1.54) is 6.21 Å². The van der Waals surface area contributed by atoms with Crippen LogP contribution in [0, 0.1) is 6.92 Å². The third kappa shape index (κ3) is 7.67. The van der Waals surface area contributed by atoms with Gasteiger partial charge in [-0.2, -0.15) is 5.10 Å². The molecule has 30 heavy (non-hydrogen) atoms. The first-order valence-corrected chi connectivity index (χ1v) is 10.1. The summed E-state index contributed by atoms with van der Waals surface area (Å²) in [6.45, 7) is 4.02. The second kappa shape index (κ2) is 11.7. The van der Waals surface area contributed by atoms with Gasteiger partial charge in [0, 0.05) is 22.3 Å². The molecule has 0 aliphatic carbocycles. The lowest BCUT2D eigenvalue weighted by Crippen LogP contribution is -2.38. The number of amides is 3. The minimum atomic E-state index is -0.866. The summed E-state index contributed by atoms with van der Waals surface area (Å²) in [5.41, 5.74) is 4.39. The maximum absolute atomic E-state index is 12.2. The molecule has 0 heterocycles. The van der Waals surface area contributed by atoms with Gasteiger partial charge in [-0.25, -0.2) is 5.43 Å². The zero-order chi connectivity index (χ0) is 21.9. The number of hydrazone groups is 1. The summed E-state index contributed by atoms with van der Waals surface area (Å²) >= 11 is 3.35. The first kappa shape index (κ1) is 23.1. The Bertz CT molecular complexity index is 946. The van der Waals surface area contributed by atoms with Crippen LogP contribution in [0.3, 0.4) is 0 Å². The fourth-order valence-corrected chi connectivity index (χ4v) is 2.72. The average Bonchev–Trinajstić information content (AvgIpc) is 2.71.